The lowest BCUT2D eigenvalue weighted by atomic mass is 10.0. The molecule has 0 aliphatic carbocycles. The van der Waals surface area contributed by atoms with E-state index in [2.05, 4.69) is 55.0 Å². The van der Waals surface area contributed by atoms with Crippen LogP contribution in [0.15, 0.2) is 85.5 Å². The molecule has 1 saturated heterocycles. The van der Waals surface area contributed by atoms with Crippen LogP contribution < -0.4 is 5.73 Å². The van der Waals surface area contributed by atoms with Gasteiger partial charge in [0.25, 0.3) is 0 Å². The lowest BCUT2D eigenvalue weighted by Crippen LogP contribution is -2.25. The Kier molecular flexibility index (Phi) is 17.2. The van der Waals surface area contributed by atoms with Crippen LogP contribution in [0.5, 0.6) is 0 Å². The third kappa shape index (κ3) is 12.3. The van der Waals surface area contributed by atoms with Crippen LogP contribution in [0.25, 0.3) is 22.4 Å². The van der Waals surface area contributed by atoms with Crippen LogP contribution in [0.3, 0.4) is 0 Å². The van der Waals surface area contributed by atoms with E-state index in [-0.39, 0.29) is 23.8 Å². The average molecular weight is 577 g/mol. The predicted octanol–water partition coefficient (Wildman–Crippen LogP) is 9.23. The fourth-order valence-corrected chi connectivity index (χ4v) is 4.53. The molecule has 2 aromatic carbocycles. The van der Waals surface area contributed by atoms with Crippen LogP contribution in [0.2, 0.25) is 0 Å². The minimum Gasteiger partial charge on any atom is -0.462 e. The van der Waals surface area contributed by atoms with Crippen molar-refractivity contribution in [1.82, 2.24) is 4.57 Å². The highest BCUT2D eigenvalue weighted by atomic mass is 19.1. The maximum absolute atomic E-state index is 13.6. The molecular formula is C36H49FN2O3. The summed E-state index contributed by atoms with van der Waals surface area (Å²) in [6, 6.07) is 19.3. The monoisotopic (exact) mass is 576 g/mol. The fraction of sp³-hybridized carbons (Fsp3) is 0.389. The molecule has 6 heteroatoms. The van der Waals surface area contributed by atoms with Gasteiger partial charge in [0, 0.05) is 37.6 Å². The Morgan fingerprint density at radius 2 is 1.74 bits per heavy atom. The van der Waals surface area contributed by atoms with Gasteiger partial charge in [-0.05, 0) is 73.6 Å². The number of hydrogen-bond donors (Lipinski definition) is 1. The van der Waals surface area contributed by atoms with E-state index in [0.717, 1.165) is 54.6 Å². The minimum atomic E-state index is -0.333. The van der Waals surface area contributed by atoms with Crippen molar-refractivity contribution in [3.8, 4) is 22.4 Å². The molecule has 3 aromatic rings. The molecule has 42 heavy (non-hydrogen) atoms. The highest BCUT2D eigenvalue weighted by Crippen LogP contribution is 2.38. The minimum absolute atomic E-state index is 0.0325. The van der Waals surface area contributed by atoms with E-state index in [1.807, 2.05) is 63.3 Å². The Morgan fingerprint density at radius 3 is 2.24 bits per heavy atom. The second-order valence-electron chi connectivity index (χ2n) is 10.0. The summed E-state index contributed by atoms with van der Waals surface area (Å²) in [6.45, 7) is 16.0. The van der Waals surface area contributed by atoms with Gasteiger partial charge >= 0.3 is 5.97 Å². The number of ether oxygens (including phenoxy) is 1. The summed E-state index contributed by atoms with van der Waals surface area (Å²) >= 11 is 0. The predicted molar refractivity (Wildman–Crippen MR) is 174 cm³/mol. The van der Waals surface area contributed by atoms with E-state index in [1.165, 1.54) is 24.8 Å². The normalized spacial score (nSPS) is 14.0. The van der Waals surface area contributed by atoms with Crippen molar-refractivity contribution in [2.45, 2.75) is 92.2 Å². The molecule has 0 radical (unpaired) electrons. The van der Waals surface area contributed by atoms with Gasteiger partial charge in [0.1, 0.15) is 11.9 Å². The van der Waals surface area contributed by atoms with Crippen LogP contribution >= 0.6 is 0 Å². The second kappa shape index (κ2) is 20.0. The first-order valence-electron chi connectivity index (χ1n) is 14.9. The first-order valence-corrected chi connectivity index (χ1v) is 14.9. The summed E-state index contributed by atoms with van der Waals surface area (Å²) in [5.74, 6) is -0.335. The van der Waals surface area contributed by atoms with Gasteiger partial charge in [0.2, 0.25) is 5.91 Å². The molecule has 1 aliphatic heterocycles. The summed E-state index contributed by atoms with van der Waals surface area (Å²) < 4.78 is 21.5. The summed E-state index contributed by atoms with van der Waals surface area (Å²) in [7, 11) is 0. The number of esters is 1. The molecule has 1 aliphatic rings. The molecule has 228 valence electrons. The van der Waals surface area contributed by atoms with Crippen LogP contribution in [0.1, 0.15) is 85.3 Å². The van der Waals surface area contributed by atoms with E-state index in [4.69, 9.17) is 4.74 Å². The number of carbonyl (C=O) groups excluding carboxylic acids is 2. The van der Waals surface area contributed by atoms with Gasteiger partial charge in [0.05, 0.1) is 5.69 Å². The summed E-state index contributed by atoms with van der Waals surface area (Å²) in [5, 5.41) is 0. The molecule has 1 fully saturated rings. The van der Waals surface area contributed by atoms with Gasteiger partial charge in [-0.15, -0.1) is 6.58 Å². The van der Waals surface area contributed by atoms with Gasteiger partial charge < -0.3 is 15.0 Å². The van der Waals surface area contributed by atoms with Crippen LogP contribution in [-0.2, 0) is 20.9 Å². The third-order valence-corrected chi connectivity index (χ3v) is 6.34. The smallest absolute Gasteiger partial charge is 0.306 e. The Bertz CT molecular complexity index is 1240. The van der Waals surface area contributed by atoms with Crippen molar-refractivity contribution in [2.24, 2.45) is 5.73 Å². The van der Waals surface area contributed by atoms with Crippen LogP contribution in [0, 0.1) is 5.82 Å². The van der Waals surface area contributed by atoms with Gasteiger partial charge in [-0.1, -0.05) is 76.3 Å². The van der Waals surface area contributed by atoms with Crippen molar-refractivity contribution in [3.05, 3.63) is 97.0 Å². The van der Waals surface area contributed by atoms with E-state index in [9.17, 15) is 14.0 Å². The Labute approximate surface area is 252 Å². The van der Waals surface area contributed by atoms with Gasteiger partial charge in [-0.25, -0.2) is 4.39 Å². The molecule has 5 nitrogen and oxygen atoms in total. The topological polar surface area (TPSA) is 74.3 Å². The molecule has 1 aromatic heterocycles. The zero-order valence-electron chi connectivity index (χ0n) is 26.2. The summed E-state index contributed by atoms with van der Waals surface area (Å²) in [5.41, 5.74) is 10.1. The first-order chi connectivity index (χ1) is 20.2. The molecule has 2 N–H and O–H groups in total. The standard InChI is InChI=1S/C26H28FNO2.C6H10.C2H5NO.C2H6/c1-18(2)24-17-23(19-7-4-3-5-8-19)26(20-11-13-21(27)14-12-20)28(24)16-15-22-9-6-10-25(29)30-22;1-3-5-6-4-2;1-2(3)4;1-2/h3-5,7-8,11-14,17-18,22H,6,9-10,15-16H2,1-2H3;3-4,6H,1,5H2,2H3;1H3,(H2,3,4);1-2H3/b;6-4-;;/t22-;;;/m0.../s1. The molecule has 2 heterocycles. The van der Waals surface area contributed by atoms with E-state index in [0.29, 0.717) is 12.3 Å². The van der Waals surface area contributed by atoms with Crippen molar-refractivity contribution in [3.63, 3.8) is 0 Å². The summed E-state index contributed by atoms with van der Waals surface area (Å²) in [4.78, 5) is 20.9. The first kappa shape index (κ1) is 36.1. The molecule has 0 bridgehead atoms. The number of rotatable bonds is 8. The van der Waals surface area contributed by atoms with E-state index in [1.54, 1.807) is 0 Å². The number of carbonyl (C=O) groups is 2. The molecule has 0 unspecified atom stereocenters. The second-order valence-corrected chi connectivity index (χ2v) is 10.0. The number of hydrogen-bond acceptors (Lipinski definition) is 3. The average Bonchev–Trinajstić information content (AvgIpc) is 3.37. The number of halogens is 1. The van der Waals surface area contributed by atoms with Gasteiger partial charge in [0.15, 0.2) is 0 Å². The number of aromatic nitrogens is 1. The van der Waals surface area contributed by atoms with Crippen molar-refractivity contribution in [1.29, 1.82) is 0 Å². The molecule has 4 rings (SSSR count). The zero-order valence-corrected chi connectivity index (χ0v) is 26.2. The number of benzene rings is 2. The van der Waals surface area contributed by atoms with Gasteiger partial charge in [-0.2, -0.15) is 0 Å². The van der Waals surface area contributed by atoms with Crippen molar-refractivity contribution < 1.29 is 18.7 Å². The number of cyclic esters (lactones) is 1. The van der Waals surface area contributed by atoms with E-state index < -0.39 is 0 Å². The van der Waals surface area contributed by atoms with E-state index >= 15 is 0 Å². The molecule has 1 atom stereocenters. The maximum Gasteiger partial charge on any atom is 0.306 e. The Morgan fingerprint density at radius 1 is 1.12 bits per heavy atom. The fourth-order valence-electron chi connectivity index (χ4n) is 4.53. The lowest BCUT2D eigenvalue weighted by Gasteiger charge is -2.24. The Hall–Kier alpha value is -3.93. The summed E-state index contributed by atoms with van der Waals surface area (Å²) in [6.07, 6.45) is 10.0. The molecular weight excluding hydrogens is 527 g/mol. The number of allylic oxidation sites excluding steroid dienone is 3. The SMILES string of the molecule is C=CC/C=C\C.CC.CC(C)c1cc(-c2ccccc2)c(-c2ccc(F)cc2)n1CC[C@@H]1CCCC(=O)O1.CC(N)=O. The molecule has 1 amide bonds. The van der Waals surface area contributed by atoms with Gasteiger partial charge in [-0.3, -0.25) is 9.59 Å². The van der Waals surface area contributed by atoms with Crippen molar-refractivity contribution in [2.75, 3.05) is 0 Å². The largest absolute Gasteiger partial charge is 0.462 e. The van der Waals surface area contributed by atoms with Crippen LogP contribution in [-0.4, -0.2) is 22.5 Å². The number of nitrogens with zero attached hydrogens (tertiary/aromatic N) is 1. The zero-order chi connectivity index (χ0) is 31.5. The number of primary amides is 1. The maximum atomic E-state index is 13.6. The van der Waals surface area contributed by atoms with Crippen LogP contribution in [0.4, 0.5) is 4.39 Å². The molecule has 0 spiro atoms. The lowest BCUT2D eigenvalue weighted by molar-refractivity contribution is -0.154. The number of amides is 1. The van der Waals surface area contributed by atoms with Crippen molar-refractivity contribution >= 4 is 11.9 Å². The highest BCUT2D eigenvalue weighted by Gasteiger charge is 2.23. The highest BCUT2D eigenvalue weighted by molar-refractivity contribution is 5.83. The Balaban J connectivity index is 0.000000628. The number of nitrogens with two attached hydrogens (primary N) is 1. The third-order valence-electron chi connectivity index (χ3n) is 6.34. The quantitative estimate of drug-likeness (QED) is 0.215. The molecule has 0 saturated carbocycles.